The number of rotatable bonds is 8. The fourth-order valence-corrected chi connectivity index (χ4v) is 1.73. The minimum atomic E-state index is -0.382. The summed E-state index contributed by atoms with van der Waals surface area (Å²) in [6.45, 7) is 6.41. The number of carbonyl (C=O) groups excluding carboxylic acids is 1. The largest absolute Gasteiger partial charge is 0.450 e. The molecule has 0 saturated carbocycles. The Morgan fingerprint density at radius 1 is 1.48 bits per heavy atom. The molecule has 0 spiro atoms. The first kappa shape index (κ1) is 16.8. The molecule has 0 unspecified atom stereocenters. The summed E-state index contributed by atoms with van der Waals surface area (Å²) in [5.74, 6) is 0.789. The molecule has 0 aliphatic rings. The summed E-state index contributed by atoms with van der Waals surface area (Å²) in [6.07, 6.45) is 3.04. The molecule has 0 atom stereocenters. The van der Waals surface area contributed by atoms with E-state index in [2.05, 4.69) is 10.3 Å². The predicted octanol–water partition coefficient (Wildman–Crippen LogP) is 2.31. The van der Waals surface area contributed by atoms with Gasteiger partial charge in [0.2, 0.25) is 0 Å². The van der Waals surface area contributed by atoms with Gasteiger partial charge in [-0.2, -0.15) is 5.26 Å². The van der Waals surface area contributed by atoms with Crippen LogP contribution in [-0.4, -0.2) is 37.3 Å². The summed E-state index contributed by atoms with van der Waals surface area (Å²) in [5, 5.41) is 11.5. The van der Waals surface area contributed by atoms with Crippen LogP contribution < -0.4 is 10.2 Å². The van der Waals surface area contributed by atoms with Crippen LogP contribution in [-0.2, 0) is 4.74 Å². The Balaban J connectivity index is 2.37. The Bertz CT molecular complexity index is 468. The van der Waals surface area contributed by atoms with Gasteiger partial charge >= 0.3 is 6.09 Å². The number of unbranched alkanes of at least 4 members (excludes halogenated alkanes) is 1. The number of carbonyl (C=O) groups is 1. The molecule has 0 aliphatic heterocycles. The Labute approximate surface area is 125 Å². The van der Waals surface area contributed by atoms with Gasteiger partial charge in [-0.15, -0.1) is 0 Å². The van der Waals surface area contributed by atoms with E-state index in [9.17, 15) is 4.79 Å². The van der Waals surface area contributed by atoms with Crippen molar-refractivity contribution in [3.8, 4) is 6.07 Å². The second-order valence-corrected chi connectivity index (χ2v) is 4.51. The lowest BCUT2D eigenvalue weighted by atomic mass is 10.3. The van der Waals surface area contributed by atoms with E-state index >= 15 is 0 Å². The molecule has 1 amide bonds. The molecule has 1 aromatic rings. The molecule has 1 N–H and O–H groups in total. The molecule has 1 heterocycles. The molecular weight excluding hydrogens is 268 g/mol. The number of aromatic nitrogens is 1. The van der Waals surface area contributed by atoms with Gasteiger partial charge < -0.3 is 15.0 Å². The molecule has 0 radical (unpaired) electrons. The lowest BCUT2D eigenvalue weighted by Crippen LogP contribution is -2.35. The van der Waals surface area contributed by atoms with E-state index in [-0.39, 0.29) is 6.09 Å². The Morgan fingerprint density at radius 3 is 2.86 bits per heavy atom. The van der Waals surface area contributed by atoms with Crippen molar-refractivity contribution in [1.29, 1.82) is 5.26 Å². The number of alkyl carbamates (subject to hydrolysis) is 1. The molecule has 0 bridgehead atoms. The molecule has 6 nitrogen and oxygen atoms in total. The third kappa shape index (κ3) is 6.13. The number of hydrogen-bond donors (Lipinski definition) is 1. The predicted molar refractivity (Wildman–Crippen MR) is 81.1 cm³/mol. The Morgan fingerprint density at radius 2 is 2.29 bits per heavy atom. The van der Waals surface area contributed by atoms with E-state index in [4.69, 9.17) is 10.00 Å². The highest BCUT2D eigenvalue weighted by atomic mass is 16.5. The number of nitriles is 1. The van der Waals surface area contributed by atoms with Crippen molar-refractivity contribution >= 4 is 11.9 Å². The van der Waals surface area contributed by atoms with Crippen LogP contribution in [0.2, 0.25) is 0 Å². The third-order valence-electron chi connectivity index (χ3n) is 2.96. The number of nitrogens with zero attached hydrogens (tertiary/aromatic N) is 3. The number of likely N-dealkylation sites (N-methyl/N-ethyl adjacent to an activating group) is 1. The SMILES string of the molecule is CCCCOC(=O)NCCN(CC)c1ccc(C#N)cn1. The monoisotopic (exact) mass is 290 g/mol. The fraction of sp³-hybridized carbons (Fsp3) is 0.533. The van der Waals surface area contributed by atoms with E-state index in [1.54, 1.807) is 12.3 Å². The minimum Gasteiger partial charge on any atom is -0.450 e. The normalized spacial score (nSPS) is 9.76. The van der Waals surface area contributed by atoms with Gasteiger partial charge in [-0.3, -0.25) is 0 Å². The quantitative estimate of drug-likeness (QED) is 0.743. The van der Waals surface area contributed by atoms with E-state index in [1.807, 2.05) is 30.9 Å². The van der Waals surface area contributed by atoms with Crippen molar-refractivity contribution < 1.29 is 9.53 Å². The first-order valence-corrected chi connectivity index (χ1v) is 7.23. The molecule has 0 aliphatic carbocycles. The summed E-state index contributed by atoms with van der Waals surface area (Å²) in [6, 6.07) is 5.58. The van der Waals surface area contributed by atoms with Gasteiger partial charge in [0.25, 0.3) is 0 Å². The highest BCUT2D eigenvalue weighted by molar-refractivity contribution is 5.67. The topological polar surface area (TPSA) is 78.2 Å². The van der Waals surface area contributed by atoms with E-state index < -0.39 is 0 Å². The first-order valence-electron chi connectivity index (χ1n) is 7.23. The standard InChI is InChI=1S/C15H22N4O2/c1-3-5-10-21-15(20)17-8-9-19(4-2)14-7-6-13(11-16)12-18-14/h6-7,12H,3-5,8-10H2,1-2H3,(H,17,20). The molecule has 114 valence electrons. The molecule has 6 heteroatoms. The maximum absolute atomic E-state index is 11.4. The van der Waals surface area contributed by atoms with Crippen molar-refractivity contribution in [2.75, 3.05) is 31.1 Å². The maximum Gasteiger partial charge on any atom is 0.407 e. The van der Waals surface area contributed by atoms with Gasteiger partial charge in [-0.25, -0.2) is 9.78 Å². The van der Waals surface area contributed by atoms with Gasteiger partial charge in [-0.1, -0.05) is 13.3 Å². The van der Waals surface area contributed by atoms with Crippen LogP contribution in [0.15, 0.2) is 18.3 Å². The smallest absolute Gasteiger partial charge is 0.407 e. The summed E-state index contributed by atoms with van der Waals surface area (Å²) >= 11 is 0. The number of pyridine rings is 1. The van der Waals surface area contributed by atoms with Crippen LogP contribution >= 0.6 is 0 Å². The van der Waals surface area contributed by atoms with Crippen molar-refractivity contribution in [3.05, 3.63) is 23.9 Å². The van der Waals surface area contributed by atoms with Crippen LogP contribution in [0.1, 0.15) is 32.3 Å². The molecular formula is C15H22N4O2. The average Bonchev–Trinajstić information content (AvgIpc) is 2.52. The van der Waals surface area contributed by atoms with Gasteiger partial charge in [0.05, 0.1) is 12.2 Å². The first-order chi connectivity index (χ1) is 10.2. The summed E-state index contributed by atoms with van der Waals surface area (Å²) in [5.41, 5.74) is 0.535. The zero-order chi connectivity index (χ0) is 15.5. The third-order valence-corrected chi connectivity index (χ3v) is 2.96. The Kier molecular flexibility index (Phi) is 7.65. The highest BCUT2D eigenvalue weighted by Gasteiger charge is 2.07. The van der Waals surface area contributed by atoms with Crippen LogP contribution in [0.5, 0.6) is 0 Å². The van der Waals surface area contributed by atoms with Crippen molar-refractivity contribution in [2.24, 2.45) is 0 Å². The lowest BCUT2D eigenvalue weighted by Gasteiger charge is -2.21. The van der Waals surface area contributed by atoms with Crippen LogP contribution in [0.25, 0.3) is 0 Å². The number of hydrogen-bond acceptors (Lipinski definition) is 5. The van der Waals surface area contributed by atoms with Crippen LogP contribution in [0.4, 0.5) is 10.6 Å². The summed E-state index contributed by atoms with van der Waals surface area (Å²) in [4.78, 5) is 17.7. The molecule has 1 aromatic heterocycles. The second-order valence-electron chi connectivity index (χ2n) is 4.51. The summed E-state index contributed by atoms with van der Waals surface area (Å²) in [7, 11) is 0. The molecule has 21 heavy (non-hydrogen) atoms. The van der Waals surface area contributed by atoms with E-state index in [0.29, 0.717) is 25.3 Å². The van der Waals surface area contributed by atoms with Crippen LogP contribution in [0, 0.1) is 11.3 Å². The zero-order valence-corrected chi connectivity index (χ0v) is 12.6. The number of ether oxygens (including phenoxy) is 1. The van der Waals surface area contributed by atoms with Gasteiger partial charge in [0, 0.05) is 25.8 Å². The number of amides is 1. The molecule has 0 saturated heterocycles. The van der Waals surface area contributed by atoms with Gasteiger partial charge in [-0.05, 0) is 25.5 Å². The van der Waals surface area contributed by atoms with Crippen LogP contribution in [0.3, 0.4) is 0 Å². The second kappa shape index (κ2) is 9.59. The van der Waals surface area contributed by atoms with E-state index in [1.165, 1.54) is 0 Å². The number of anilines is 1. The van der Waals surface area contributed by atoms with Gasteiger partial charge in [0.1, 0.15) is 11.9 Å². The van der Waals surface area contributed by atoms with Crippen molar-refractivity contribution in [2.45, 2.75) is 26.7 Å². The fourth-order valence-electron chi connectivity index (χ4n) is 1.73. The lowest BCUT2D eigenvalue weighted by molar-refractivity contribution is 0.145. The Hall–Kier alpha value is -2.29. The molecule has 0 aromatic carbocycles. The highest BCUT2D eigenvalue weighted by Crippen LogP contribution is 2.10. The molecule has 1 rings (SSSR count). The molecule has 0 fully saturated rings. The number of nitrogens with one attached hydrogen (secondary N) is 1. The van der Waals surface area contributed by atoms with Gasteiger partial charge in [0.15, 0.2) is 0 Å². The maximum atomic E-state index is 11.4. The van der Waals surface area contributed by atoms with Crippen molar-refractivity contribution in [3.63, 3.8) is 0 Å². The summed E-state index contributed by atoms with van der Waals surface area (Å²) < 4.78 is 5.01. The average molecular weight is 290 g/mol. The minimum absolute atomic E-state index is 0.382. The van der Waals surface area contributed by atoms with Crippen molar-refractivity contribution in [1.82, 2.24) is 10.3 Å². The van der Waals surface area contributed by atoms with E-state index in [0.717, 1.165) is 25.2 Å². The zero-order valence-electron chi connectivity index (χ0n) is 12.6.